The monoisotopic (exact) mass is 210 g/mol. The topological polar surface area (TPSA) is 45.5 Å². The molecule has 1 N–H and O–H groups in total. The maximum atomic E-state index is 12.0. The van der Waals surface area contributed by atoms with Crippen LogP contribution in [-0.4, -0.2) is 40.2 Å². The molecule has 0 aliphatic heterocycles. The van der Waals surface area contributed by atoms with Crippen LogP contribution < -0.4 is 0 Å². The quantitative estimate of drug-likeness (QED) is 0.784. The molecule has 84 valence electrons. The van der Waals surface area contributed by atoms with Crippen LogP contribution in [0.2, 0.25) is 0 Å². The van der Waals surface area contributed by atoms with Crippen LogP contribution in [0.25, 0.3) is 0 Å². The Kier molecular flexibility index (Phi) is 4.37. The molecule has 0 saturated heterocycles. The van der Waals surface area contributed by atoms with Crippen LogP contribution in [0.3, 0.4) is 0 Å². The van der Waals surface area contributed by atoms with Crippen molar-refractivity contribution >= 4 is 5.91 Å². The molecule has 1 aromatic heterocycles. The molecule has 0 spiro atoms. The Hall–Kier alpha value is -1.29. The van der Waals surface area contributed by atoms with Gasteiger partial charge in [0.25, 0.3) is 0 Å². The van der Waals surface area contributed by atoms with Gasteiger partial charge in [0.05, 0.1) is 6.61 Å². The average molecular weight is 210 g/mol. The molecule has 1 amide bonds. The molecule has 4 nitrogen and oxygen atoms in total. The minimum Gasteiger partial charge on any atom is -0.395 e. The second-order valence-electron chi connectivity index (χ2n) is 3.45. The van der Waals surface area contributed by atoms with Crippen molar-refractivity contribution in [2.75, 3.05) is 19.7 Å². The van der Waals surface area contributed by atoms with Crippen molar-refractivity contribution in [2.45, 2.75) is 19.9 Å². The predicted molar refractivity (Wildman–Crippen MR) is 58.5 cm³/mol. The molecule has 0 aliphatic carbocycles. The van der Waals surface area contributed by atoms with E-state index in [0.717, 1.165) is 0 Å². The molecule has 15 heavy (non-hydrogen) atoms. The summed E-state index contributed by atoms with van der Waals surface area (Å²) >= 11 is 0. The van der Waals surface area contributed by atoms with Gasteiger partial charge in [-0.25, -0.2) is 0 Å². The second-order valence-corrected chi connectivity index (χ2v) is 3.45. The summed E-state index contributed by atoms with van der Waals surface area (Å²) in [5, 5.41) is 8.83. The van der Waals surface area contributed by atoms with E-state index in [1.165, 1.54) is 0 Å². The largest absolute Gasteiger partial charge is 0.395 e. The molecule has 0 saturated carbocycles. The van der Waals surface area contributed by atoms with Gasteiger partial charge in [-0.15, -0.1) is 0 Å². The van der Waals surface area contributed by atoms with Gasteiger partial charge >= 0.3 is 0 Å². The van der Waals surface area contributed by atoms with Crippen molar-refractivity contribution in [3.05, 3.63) is 24.5 Å². The highest BCUT2D eigenvalue weighted by atomic mass is 16.3. The van der Waals surface area contributed by atoms with E-state index in [4.69, 9.17) is 5.11 Å². The van der Waals surface area contributed by atoms with Crippen LogP contribution >= 0.6 is 0 Å². The minimum absolute atomic E-state index is 0.0119. The van der Waals surface area contributed by atoms with Crippen molar-refractivity contribution in [1.82, 2.24) is 9.47 Å². The summed E-state index contributed by atoms with van der Waals surface area (Å²) in [6, 6.07) is 3.59. The fraction of sp³-hybridized carbons (Fsp3) is 0.545. The van der Waals surface area contributed by atoms with Crippen LogP contribution in [-0.2, 0) is 4.79 Å². The first-order valence-electron chi connectivity index (χ1n) is 5.22. The standard InChI is InChI=1S/C11H18N2O2/c1-3-12(8-9-14)11(15)10(2)13-6-4-5-7-13/h4-7,10,14H,3,8-9H2,1-2H3. The number of hydrogen-bond donors (Lipinski definition) is 1. The van der Waals surface area contributed by atoms with E-state index >= 15 is 0 Å². The van der Waals surface area contributed by atoms with Crippen molar-refractivity contribution in [3.8, 4) is 0 Å². The van der Waals surface area contributed by atoms with Gasteiger partial charge in [-0.3, -0.25) is 4.79 Å². The van der Waals surface area contributed by atoms with Gasteiger partial charge in [-0.2, -0.15) is 0 Å². The first kappa shape index (κ1) is 11.8. The van der Waals surface area contributed by atoms with Crippen LogP contribution in [0.5, 0.6) is 0 Å². The Morgan fingerprint density at radius 2 is 2.07 bits per heavy atom. The molecule has 1 atom stereocenters. The lowest BCUT2D eigenvalue weighted by Crippen LogP contribution is -2.37. The summed E-state index contributed by atoms with van der Waals surface area (Å²) in [5.74, 6) is 0.0442. The lowest BCUT2D eigenvalue weighted by atomic mass is 10.3. The van der Waals surface area contributed by atoms with Crippen molar-refractivity contribution in [3.63, 3.8) is 0 Å². The molecule has 1 heterocycles. The fourth-order valence-electron chi connectivity index (χ4n) is 1.54. The molecular weight excluding hydrogens is 192 g/mol. The summed E-state index contributed by atoms with van der Waals surface area (Å²) in [4.78, 5) is 13.6. The molecule has 1 unspecified atom stereocenters. The highest BCUT2D eigenvalue weighted by Crippen LogP contribution is 2.09. The molecule has 1 aromatic rings. The fourth-order valence-corrected chi connectivity index (χ4v) is 1.54. The van der Waals surface area contributed by atoms with E-state index < -0.39 is 0 Å². The predicted octanol–water partition coefficient (Wildman–Crippen LogP) is 0.890. The molecular formula is C11H18N2O2. The van der Waals surface area contributed by atoms with Crippen LogP contribution in [0.4, 0.5) is 0 Å². The SMILES string of the molecule is CCN(CCO)C(=O)C(C)n1cccc1. The Morgan fingerprint density at radius 1 is 1.47 bits per heavy atom. The Bertz CT molecular complexity index is 296. The number of amides is 1. The van der Waals surface area contributed by atoms with Crippen molar-refractivity contribution < 1.29 is 9.90 Å². The number of aliphatic hydroxyl groups is 1. The lowest BCUT2D eigenvalue weighted by molar-refractivity contribution is -0.134. The molecule has 1 rings (SSSR count). The number of nitrogens with zero attached hydrogens (tertiary/aromatic N) is 2. The van der Waals surface area contributed by atoms with Crippen LogP contribution in [0.15, 0.2) is 24.5 Å². The van der Waals surface area contributed by atoms with Gasteiger partial charge in [-0.1, -0.05) is 0 Å². The maximum absolute atomic E-state index is 12.0. The van der Waals surface area contributed by atoms with E-state index in [1.807, 2.05) is 42.9 Å². The Morgan fingerprint density at radius 3 is 2.53 bits per heavy atom. The third kappa shape index (κ3) is 2.83. The molecule has 4 heteroatoms. The zero-order chi connectivity index (χ0) is 11.3. The van der Waals surface area contributed by atoms with Gasteiger partial charge in [0.15, 0.2) is 0 Å². The lowest BCUT2D eigenvalue weighted by Gasteiger charge is -2.24. The number of carbonyl (C=O) groups is 1. The number of aliphatic hydroxyl groups excluding tert-OH is 1. The van der Waals surface area contributed by atoms with Crippen molar-refractivity contribution in [1.29, 1.82) is 0 Å². The Balaban J connectivity index is 2.66. The third-order valence-corrected chi connectivity index (χ3v) is 2.50. The van der Waals surface area contributed by atoms with Gasteiger partial charge in [0, 0.05) is 25.5 Å². The van der Waals surface area contributed by atoms with E-state index in [-0.39, 0.29) is 18.6 Å². The van der Waals surface area contributed by atoms with Crippen LogP contribution in [0, 0.1) is 0 Å². The summed E-state index contributed by atoms with van der Waals surface area (Å²) in [5.41, 5.74) is 0. The second kappa shape index (κ2) is 5.56. The summed E-state index contributed by atoms with van der Waals surface area (Å²) in [6.45, 7) is 4.82. The molecule has 0 aliphatic rings. The highest BCUT2D eigenvalue weighted by molar-refractivity contribution is 5.80. The zero-order valence-electron chi connectivity index (χ0n) is 9.26. The van der Waals surface area contributed by atoms with Gasteiger partial charge < -0.3 is 14.6 Å². The number of hydrogen-bond acceptors (Lipinski definition) is 2. The number of aromatic nitrogens is 1. The van der Waals surface area contributed by atoms with Gasteiger partial charge in [-0.05, 0) is 26.0 Å². The Labute approximate surface area is 90.1 Å². The summed E-state index contributed by atoms with van der Waals surface area (Å²) < 4.78 is 1.86. The number of rotatable bonds is 5. The van der Waals surface area contributed by atoms with Crippen molar-refractivity contribution in [2.24, 2.45) is 0 Å². The molecule has 0 fully saturated rings. The van der Waals surface area contributed by atoms with Gasteiger partial charge in [0.1, 0.15) is 6.04 Å². The number of likely N-dealkylation sites (N-methyl/N-ethyl adjacent to an activating group) is 1. The first-order valence-corrected chi connectivity index (χ1v) is 5.22. The minimum atomic E-state index is -0.202. The maximum Gasteiger partial charge on any atom is 0.245 e. The summed E-state index contributed by atoms with van der Waals surface area (Å²) in [7, 11) is 0. The average Bonchev–Trinajstić information content (AvgIpc) is 2.77. The van der Waals surface area contributed by atoms with Crippen LogP contribution in [0.1, 0.15) is 19.9 Å². The molecule has 0 aromatic carbocycles. The van der Waals surface area contributed by atoms with E-state index in [2.05, 4.69) is 0 Å². The first-order chi connectivity index (χ1) is 7.20. The summed E-state index contributed by atoms with van der Waals surface area (Å²) in [6.07, 6.45) is 3.74. The molecule has 0 bridgehead atoms. The van der Waals surface area contributed by atoms with E-state index in [0.29, 0.717) is 13.1 Å². The highest BCUT2D eigenvalue weighted by Gasteiger charge is 2.19. The normalized spacial score (nSPS) is 12.5. The number of carbonyl (C=O) groups excluding carboxylic acids is 1. The van der Waals surface area contributed by atoms with E-state index in [9.17, 15) is 4.79 Å². The third-order valence-electron chi connectivity index (χ3n) is 2.50. The van der Waals surface area contributed by atoms with Gasteiger partial charge in [0.2, 0.25) is 5.91 Å². The van der Waals surface area contributed by atoms with E-state index in [1.54, 1.807) is 4.90 Å². The molecule has 0 radical (unpaired) electrons. The zero-order valence-corrected chi connectivity index (χ0v) is 9.26. The smallest absolute Gasteiger partial charge is 0.245 e.